The van der Waals surface area contributed by atoms with Crippen molar-refractivity contribution in [2.45, 2.75) is 6.42 Å². The van der Waals surface area contributed by atoms with Gasteiger partial charge in [-0.1, -0.05) is 0 Å². The molecule has 0 saturated heterocycles. The summed E-state index contributed by atoms with van der Waals surface area (Å²) >= 11 is 0. The van der Waals surface area contributed by atoms with Gasteiger partial charge in [0.1, 0.15) is 5.75 Å². The minimum Gasteiger partial charge on any atom is -0.497 e. The summed E-state index contributed by atoms with van der Waals surface area (Å²) in [5, 5.41) is 8.15. The van der Waals surface area contributed by atoms with Gasteiger partial charge in [-0.15, -0.1) is 0 Å². The zero-order valence-electron chi connectivity index (χ0n) is 11.2. The molecule has 0 aromatic heterocycles. The maximum atomic E-state index is 11.6. The normalized spacial score (nSPS) is 9.79. The van der Waals surface area contributed by atoms with Gasteiger partial charge in [0.05, 0.1) is 13.7 Å². The number of ether oxygens (including phenoxy) is 1. The highest BCUT2D eigenvalue weighted by Crippen LogP contribution is 2.14. The fourth-order valence-electron chi connectivity index (χ4n) is 1.41. The van der Waals surface area contributed by atoms with E-state index < -0.39 is 0 Å². The van der Waals surface area contributed by atoms with E-state index in [2.05, 4.69) is 16.0 Å². The minimum absolute atomic E-state index is 0.0527. The average molecular weight is 265 g/mol. The molecule has 1 aromatic carbocycles. The quantitative estimate of drug-likeness (QED) is 0.622. The lowest BCUT2D eigenvalue weighted by molar-refractivity contribution is -0.121. The molecule has 0 unspecified atom stereocenters. The molecule has 0 spiro atoms. The first-order chi connectivity index (χ1) is 9.15. The van der Waals surface area contributed by atoms with Gasteiger partial charge in [0.2, 0.25) is 11.8 Å². The molecular weight excluding hydrogens is 246 g/mol. The van der Waals surface area contributed by atoms with E-state index in [9.17, 15) is 9.59 Å². The maximum Gasteiger partial charge on any atom is 0.238 e. The van der Waals surface area contributed by atoms with Crippen LogP contribution in [0.1, 0.15) is 6.42 Å². The van der Waals surface area contributed by atoms with Crippen LogP contribution in [0.2, 0.25) is 0 Å². The average Bonchev–Trinajstić information content (AvgIpc) is 2.44. The van der Waals surface area contributed by atoms with Crippen molar-refractivity contribution in [3.05, 3.63) is 24.3 Å². The molecule has 1 aromatic rings. The summed E-state index contributed by atoms with van der Waals surface area (Å²) in [4.78, 5) is 22.5. The van der Waals surface area contributed by atoms with E-state index >= 15 is 0 Å². The molecule has 0 fully saturated rings. The van der Waals surface area contributed by atoms with Gasteiger partial charge in [-0.3, -0.25) is 9.59 Å². The molecule has 6 heteroatoms. The monoisotopic (exact) mass is 265 g/mol. The summed E-state index contributed by atoms with van der Waals surface area (Å²) < 4.78 is 5.02. The number of benzene rings is 1. The smallest absolute Gasteiger partial charge is 0.238 e. The Kier molecular flexibility index (Phi) is 6.38. The highest BCUT2D eigenvalue weighted by molar-refractivity contribution is 5.92. The Labute approximate surface area is 112 Å². The molecule has 0 saturated carbocycles. The number of anilines is 1. The van der Waals surface area contributed by atoms with Crippen molar-refractivity contribution in [2.75, 3.05) is 32.6 Å². The Morgan fingerprint density at radius 3 is 2.42 bits per heavy atom. The van der Waals surface area contributed by atoms with Crippen molar-refractivity contribution in [1.29, 1.82) is 0 Å². The Hall–Kier alpha value is -2.08. The molecule has 0 aliphatic rings. The van der Waals surface area contributed by atoms with Crippen LogP contribution in [-0.4, -0.2) is 39.1 Å². The number of methoxy groups -OCH3 is 1. The van der Waals surface area contributed by atoms with Gasteiger partial charge in [0, 0.05) is 25.7 Å². The third-order valence-electron chi connectivity index (χ3n) is 2.47. The molecule has 0 aliphatic heterocycles. The standard InChI is InChI=1S/C13H19N3O3/c1-14-12(17)7-8-15-9-13(18)16-10-3-5-11(19-2)6-4-10/h3-6,15H,7-9H2,1-2H3,(H,14,17)(H,16,18). The molecule has 0 atom stereocenters. The second kappa shape index (κ2) is 8.10. The van der Waals surface area contributed by atoms with Crippen LogP contribution in [0.5, 0.6) is 5.75 Å². The molecule has 6 nitrogen and oxygen atoms in total. The first-order valence-electron chi connectivity index (χ1n) is 6.01. The van der Waals surface area contributed by atoms with Crippen LogP contribution in [0.3, 0.4) is 0 Å². The lowest BCUT2D eigenvalue weighted by Crippen LogP contribution is -2.31. The predicted octanol–water partition coefficient (Wildman–Crippen LogP) is 0.359. The zero-order valence-corrected chi connectivity index (χ0v) is 11.2. The zero-order chi connectivity index (χ0) is 14.1. The van der Waals surface area contributed by atoms with Gasteiger partial charge in [-0.2, -0.15) is 0 Å². The number of hydrogen-bond donors (Lipinski definition) is 3. The van der Waals surface area contributed by atoms with Crippen molar-refractivity contribution in [3.63, 3.8) is 0 Å². The number of hydrogen-bond acceptors (Lipinski definition) is 4. The molecule has 104 valence electrons. The highest BCUT2D eigenvalue weighted by atomic mass is 16.5. The van der Waals surface area contributed by atoms with Crippen LogP contribution < -0.4 is 20.7 Å². The summed E-state index contributed by atoms with van der Waals surface area (Å²) in [5.74, 6) is 0.534. The van der Waals surface area contributed by atoms with Gasteiger partial charge in [0.15, 0.2) is 0 Å². The number of rotatable bonds is 7. The number of carbonyl (C=O) groups is 2. The van der Waals surface area contributed by atoms with E-state index in [1.807, 2.05) is 0 Å². The van der Waals surface area contributed by atoms with E-state index in [4.69, 9.17) is 4.74 Å². The molecule has 0 bridgehead atoms. The van der Waals surface area contributed by atoms with Gasteiger partial charge >= 0.3 is 0 Å². The summed E-state index contributed by atoms with van der Waals surface area (Å²) in [7, 11) is 3.17. The summed E-state index contributed by atoms with van der Waals surface area (Å²) in [6.07, 6.45) is 0.353. The first-order valence-corrected chi connectivity index (χ1v) is 6.01. The summed E-state index contributed by atoms with van der Waals surface area (Å²) in [5.41, 5.74) is 0.707. The van der Waals surface area contributed by atoms with Gasteiger partial charge < -0.3 is 20.7 Å². The molecule has 1 rings (SSSR count). The van der Waals surface area contributed by atoms with Gasteiger partial charge in [-0.25, -0.2) is 0 Å². The van der Waals surface area contributed by atoms with Crippen molar-refractivity contribution < 1.29 is 14.3 Å². The van der Waals surface area contributed by atoms with Crippen LogP contribution in [0.25, 0.3) is 0 Å². The van der Waals surface area contributed by atoms with Crippen LogP contribution in [0.15, 0.2) is 24.3 Å². The van der Waals surface area contributed by atoms with E-state index in [0.29, 0.717) is 18.7 Å². The highest BCUT2D eigenvalue weighted by Gasteiger charge is 2.03. The van der Waals surface area contributed by atoms with Gasteiger partial charge in [-0.05, 0) is 24.3 Å². The van der Waals surface area contributed by atoms with Crippen LogP contribution in [0.4, 0.5) is 5.69 Å². The molecule has 0 aliphatic carbocycles. The van der Waals surface area contributed by atoms with Gasteiger partial charge in [0.25, 0.3) is 0 Å². The van der Waals surface area contributed by atoms with Crippen molar-refractivity contribution in [1.82, 2.24) is 10.6 Å². The van der Waals surface area contributed by atoms with Crippen LogP contribution in [0, 0.1) is 0 Å². The molecule has 19 heavy (non-hydrogen) atoms. The van der Waals surface area contributed by atoms with E-state index in [-0.39, 0.29) is 18.4 Å². The largest absolute Gasteiger partial charge is 0.497 e. The lowest BCUT2D eigenvalue weighted by Gasteiger charge is -2.07. The van der Waals surface area contributed by atoms with Crippen molar-refractivity contribution in [3.8, 4) is 5.75 Å². The van der Waals surface area contributed by atoms with E-state index in [1.54, 1.807) is 38.4 Å². The Morgan fingerprint density at radius 1 is 1.16 bits per heavy atom. The van der Waals surface area contributed by atoms with Crippen LogP contribution in [-0.2, 0) is 9.59 Å². The number of amides is 2. The molecule has 3 N–H and O–H groups in total. The molecule has 2 amide bonds. The summed E-state index contributed by atoms with van der Waals surface area (Å²) in [6, 6.07) is 7.08. The Morgan fingerprint density at radius 2 is 1.84 bits per heavy atom. The minimum atomic E-state index is -0.151. The summed E-state index contributed by atoms with van der Waals surface area (Å²) in [6.45, 7) is 0.638. The van der Waals surface area contributed by atoms with Crippen LogP contribution >= 0.6 is 0 Å². The Bertz CT molecular complexity index is 418. The van der Waals surface area contributed by atoms with Crippen molar-refractivity contribution >= 4 is 17.5 Å². The number of nitrogens with one attached hydrogen (secondary N) is 3. The van der Waals surface area contributed by atoms with E-state index in [0.717, 1.165) is 5.75 Å². The third kappa shape index (κ3) is 5.87. The third-order valence-corrected chi connectivity index (χ3v) is 2.47. The fraction of sp³-hybridized carbons (Fsp3) is 0.385. The first kappa shape index (κ1) is 15.0. The SMILES string of the molecule is CNC(=O)CCNCC(=O)Nc1ccc(OC)cc1. The topological polar surface area (TPSA) is 79.5 Å². The second-order valence-electron chi connectivity index (χ2n) is 3.88. The second-order valence-corrected chi connectivity index (χ2v) is 3.88. The molecule has 0 radical (unpaired) electrons. The number of carbonyl (C=O) groups excluding carboxylic acids is 2. The fourth-order valence-corrected chi connectivity index (χ4v) is 1.41. The molecular formula is C13H19N3O3. The molecule has 0 heterocycles. The van der Waals surface area contributed by atoms with Crippen molar-refractivity contribution in [2.24, 2.45) is 0 Å². The predicted molar refractivity (Wildman–Crippen MR) is 73.2 cm³/mol. The Balaban J connectivity index is 2.25. The lowest BCUT2D eigenvalue weighted by atomic mass is 10.3. The maximum absolute atomic E-state index is 11.6. The van der Waals surface area contributed by atoms with E-state index in [1.165, 1.54) is 0 Å².